The maximum absolute atomic E-state index is 11.9. The topological polar surface area (TPSA) is 46.2 Å². The normalized spacial score (nSPS) is 14.0. The van der Waals surface area contributed by atoms with E-state index in [0.717, 1.165) is 0 Å². The zero-order valence-corrected chi connectivity index (χ0v) is 11.3. The number of hydrogen-bond acceptors (Lipinski definition) is 2. The molecular formula is C9H17ClF3NO2S. The number of halogens is 4. The van der Waals surface area contributed by atoms with E-state index in [1.165, 1.54) is 0 Å². The summed E-state index contributed by atoms with van der Waals surface area (Å²) < 4.78 is 60.9. The van der Waals surface area contributed by atoms with Gasteiger partial charge in [-0.15, -0.1) is 11.6 Å². The van der Waals surface area contributed by atoms with Gasteiger partial charge in [0.1, 0.15) is 0 Å². The highest BCUT2D eigenvalue weighted by molar-refractivity contribution is 7.89. The van der Waals surface area contributed by atoms with E-state index in [0.29, 0.717) is 6.42 Å². The SMILES string of the molecule is CC(C)(CCCl)NS(=O)(=O)CCCC(F)(F)F. The van der Waals surface area contributed by atoms with Gasteiger partial charge in [-0.05, 0) is 26.7 Å². The zero-order chi connectivity index (χ0) is 13.7. The first-order chi connectivity index (χ1) is 7.47. The van der Waals surface area contributed by atoms with Crippen molar-refractivity contribution in [3.05, 3.63) is 0 Å². The van der Waals surface area contributed by atoms with Crippen LogP contribution in [0.3, 0.4) is 0 Å². The molecule has 0 saturated heterocycles. The lowest BCUT2D eigenvalue weighted by Gasteiger charge is -2.24. The molecule has 0 aliphatic carbocycles. The second kappa shape index (κ2) is 6.24. The lowest BCUT2D eigenvalue weighted by Crippen LogP contribution is -2.44. The third kappa shape index (κ3) is 9.67. The molecule has 0 atom stereocenters. The van der Waals surface area contributed by atoms with E-state index < -0.39 is 40.3 Å². The summed E-state index contributed by atoms with van der Waals surface area (Å²) in [5, 5.41) is 0. The van der Waals surface area contributed by atoms with Crippen LogP contribution in [0.1, 0.15) is 33.1 Å². The summed E-state index contributed by atoms with van der Waals surface area (Å²) in [6.07, 6.45) is -5.44. The van der Waals surface area contributed by atoms with Crippen molar-refractivity contribution in [2.45, 2.75) is 44.8 Å². The predicted molar refractivity (Wildman–Crippen MR) is 61.6 cm³/mol. The molecule has 0 amide bonds. The molecule has 0 aromatic rings. The Morgan fingerprint density at radius 2 is 1.71 bits per heavy atom. The molecule has 0 fully saturated rings. The fraction of sp³-hybridized carbons (Fsp3) is 1.00. The molecule has 0 aliphatic rings. The highest BCUT2D eigenvalue weighted by Gasteiger charge is 2.29. The Labute approximate surface area is 105 Å². The van der Waals surface area contributed by atoms with Crippen molar-refractivity contribution in [3.8, 4) is 0 Å². The van der Waals surface area contributed by atoms with Crippen LogP contribution in [-0.2, 0) is 10.0 Å². The van der Waals surface area contributed by atoms with Crippen LogP contribution in [0.5, 0.6) is 0 Å². The predicted octanol–water partition coefficient (Wildman–Crippen LogP) is 2.66. The molecule has 0 unspecified atom stereocenters. The zero-order valence-electron chi connectivity index (χ0n) is 9.77. The summed E-state index contributed by atoms with van der Waals surface area (Å²) >= 11 is 5.50. The van der Waals surface area contributed by atoms with Crippen molar-refractivity contribution in [1.29, 1.82) is 0 Å². The number of sulfonamides is 1. The van der Waals surface area contributed by atoms with Gasteiger partial charge >= 0.3 is 6.18 Å². The van der Waals surface area contributed by atoms with Gasteiger partial charge in [0, 0.05) is 17.8 Å². The lowest BCUT2D eigenvalue weighted by molar-refractivity contribution is -0.134. The van der Waals surface area contributed by atoms with Gasteiger partial charge < -0.3 is 0 Å². The van der Waals surface area contributed by atoms with Gasteiger partial charge in [0.25, 0.3) is 0 Å². The quantitative estimate of drug-likeness (QED) is 0.734. The summed E-state index contributed by atoms with van der Waals surface area (Å²) in [5.74, 6) is -0.254. The van der Waals surface area contributed by atoms with Gasteiger partial charge in [-0.2, -0.15) is 13.2 Å². The molecule has 0 spiro atoms. The number of alkyl halides is 4. The van der Waals surface area contributed by atoms with Gasteiger partial charge in [0.15, 0.2) is 0 Å². The second-order valence-corrected chi connectivity index (χ2v) is 6.68. The number of hydrogen-bond donors (Lipinski definition) is 1. The Hall–Kier alpha value is -0.0100. The Kier molecular flexibility index (Phi) is 6.24. The lowest BCUT2D eigenvalue weighted by atomic mass is 10.0. The maximum atomic E-state index is 11.9. The van der Waals surface area contributed by atoms with Gasteiger partial charge in [-0.25, -0.2) is 13.1 Å². The van der Waals surface area contributed by atoms with Crippen LogP contribution in [0.15, 0.2) is 0 Å². The standard InChI is InChI=1S/C9H17ClF3NO2S/c1-8(2,5-6-10)14-17(15,16)7-3-4-9(11,12)13/h14H,3-7H2,1-2H3. The number of rotatable bonds is 7. The van der Waals surface area contributed by atoms with E-state index in [2.05, 4.69) is 4.72 Å². The van der Waals surface area contributed by atoms with Crippen LogP contribution in [0, 0.1) is 0 Å². The fourth-order valence-corrected chi connectivity index (χ4v) is 3.26. The highest BCUT2D eigenvalue weighted by Crippen LogP contribution is 2.21. The van der Waals surface area contributed by atoms with Crippen LogP contribution in [0.2, 0.25) is 0 Å². The van der Waals surface area contributed by atoms with E-state index in [1.54, 1.807) is 13.8 Å². The largest absolute Gasteiger partial charge is 0.389 e. The molecule has 0 aromatic carbocycles. The molecular weight excluding hydrogens is 279 g/mol. The van der Waals surface area contributed by atoms with E-state index in [9.17, 15) is 21.6 Å². The van der Waals surface area contributed by atoms with Crippen molar-refractivity contribution in [2.24, 2.45) is 0 Å². The van der Waals surface area contributed by atoms with Crippen molar-refractivity contribution in [2.75, 3.05) is 11.6 Å². The molecule has 104 valence electrons. The molecule has 1 N–H and O–H groups in total. The first-order valence-electron chi connectivity index (χ1n) is 5.12. The smallest absolute Gasteiger partial charge is 0.212 e. The van der Waals surface area contributed by atoms with Crippen LogP contribution < -0.4 is 4.72 Å². The van der Waals surface area contributed by atoms with E-state index in [4.69, 9.17) is 11.6 Å². The molecule has 0 heterocycles. The molecule has 0 aliphatic heterocycles. The van der Waals surface area contributed by atoms with Crippen LogP contribution in [-0.4, -0.2) is 31.8 Å². The minimum Gasteiger partial charge on any atom is -0.212 e. The third-order valence-corrected chi connectivity index (χ3v) is 3.90. The monoisotopic (exact) mass is 295 g/mol. The van der Waals surface area contributed by atoms with Crippen molar-refractivity contribution in [1.82, 2.24) is 4.72 Å². The Morgan fingerprint density at radius 3 is 2.12 bits per heavy atom. The van der Waals surface area contributed by atoms with E-state index >= 15 is 0 Å². The fourth-order valence-electron chi connectivity index (χ4n) is 1.22. The maximum Gasteiger partial charge on any atom is 0.389 e. The Morgan fingerprint density at radius 1 is 1.18 bits per heavy atom. The minimum absolute atomic E-state index is 0.276. The number of nitrogens with one attached hydrogen (secondary N) is 1. The van der Waals surface area contributed by atoms with Crippen molar-refractivity contribution < 1.29 is 21.6 Å². The van der Waals surface area contributed by atoms with Gasteiger partial charge in [-0.1, -0.05) is 0 Å². The van der Waals surface area contributed by atoms with Crippen molar-refractivity contribution in [3.63, 3.8) is 0 Å². The molecule has 0 bridgehead atoms. The van der Waals surface area contributed by atoms with Crippen LogP contribution >= 0.6 is 11.6 Å². The van der Waals surface area contributed by atoms with Crippen molar-refractivity contribution >= 4 is 21.6 Å². The molecule has 0 aromatic heterocycles. The summed E-state index contributed by atoms with van der Waals surface area (Å²) in [7, 11) is -3.69. The van der Waals surface area contributed by atoms with Crippen LogP contribution in [0.4, 0.5) is 13.2 Å². The van der Waals surface area contributed by atoms with E-state index in [-0.39, 0.29) is 5.88 Å². The molecule has 0 saturated carbocycles. The summed E-state index contributed by atoms with van der Waals surface area (Å²) in [4.78, 5) is 0. The van der Waals surface area contributed by atoms with Gasteiger partial charge in [0.05, 0.1) is 5.75 Å². The van der Waals surface area contributed by atoms with Gasteiger partial charge in [-0.3, -0.25) is 0 Å². The van der Waals surface area contributed by atoms with Gasteiger partial charge in [0.2, 0.25) is 10.0 Å². The molecule has 3 nitrogen and oxygen atoms in total. The second-order valence-electron chi connectivity index (χ2n) is 4.46. The Bertz CT molecular complexity index is 328. The molecule has 8 heteroatoms. The first kappa shape index (κ1) is 17.0. The molecule has 0 rings (SSSR count). The first-order valence-corrected chi connectivity index (χ1v) is 7.30. The summed E-state index contributed by atoms with van der Waals surface area (Å²) in [6.45, 7) is 3.27. The summed E-state index contributed by atoms with van der Waals surface area (Å²) in [6, 6.07) is 0. The molecule has 0 radical (unpaired) electrons. The Balaban J connectivity index is 4.22. The average molecular weight is 296 g/mol. The highest BCUT2D eigenvalue weighted by atomic mass is 35.5. The molecule has 17 heavy (non-hydrogen) atoms. The third-order valence-electron chi connectivity index (χ3n) is 2.02. The van der Waals surface area contributed by atoms with Crippen LogP contribution in [0.25, 0.3) is 0 Å². The minimum atomic E-state index is -4.32. The van der Waals surface area contributed by atoms with E-state index in [1.807, 2.05) is 0 Å². The average Bonchev–Trinajstić information content (AvgIpc) is 1.96. The summed E-state index contributed by atoms with van der Waals surface area (Å²) in [5.41, 5.74) is -0.737.